The first-order valence-electron chi connectivity index (χ1n) is 4.67. The minimum atomic E-state index is -2.38. The molecule has 14 heavy (non-hydrogen) atoms. The third-order valence-electron chi connectivity index (χ3n) is 2.32. The van der Waals surface area contributed by atoms with E-state index in [1.165, 1.54) is 0 Å². The Morgan fingerprint density at radius 2 is 2.07 bits per heavy atom. The van der Waals surface area contributed by atoms with E-state index in [1.54, 1.807) is 14.2 Å². The van der Waals surface area contributed by atoms with Gasteiger partial charge in [-0.25, -0.2) is 0 Å². The van der Waals surface area contributed by atoms with E-state index >= 15 is 0 Å². The molecule has 0 aromatic carbocycles. The molecule has 1 atom stereocenters. The molecule has 1 N–H and O–H groups in total. The fourth-order valence-electron chi connectivity index (χ4n) is 1.10. The van der Waals surface area contributed by atoms with Gasteiger partial charge in [0, 0.05) is 26.9 Å². The van der Waals surface area contributed by atoms with E-state index in [-0.39, 0.29) is 12.3 Å². The topological polar surface area (TPSA) is 60.5 Å². The van der Waals surface area contributed by atoms with E-state index in [1.807, 2.05) is 0 Å². The van der Waals surface area contributed by atoms with Crippen LogP contribution in [0.25, 0.3) is 0 Å². The Hall–Kier alpha value is 0.0169. The first kappa shape index (κ1) is 12.1. The summed E-state index contributed by atoms with van der Waals surface area (Å²) in [5.74, 6) is 0. The van der Waals surface area contributed by atoms with Crippen LogP contribution in [0.1, 0.15) is 0 Å². The van der Waals surface area contributed by atoms with E-state index in [4.69, 9.17) is 23.4 Å². The Balaban J connectivity index is 2.11. The van der Waals surface area contributed by atoms with Crippen LogP contribution in [0.5, 0.6) is 0 Å². The van der Waals surface area contributed by atoms with Gasteiger partial charge in [-0.05, 0) is 0 Å². The molecule has 1 aliphatic rings. The van der Waals surface area contributed by atoms with Gasteiger partial charge in [0.2, 0.25) is 0 Å². The smallest absolute Gasteiger partial charge is 0.366 e. The van der Waals surface area contributed by atoms with E-state index in [0.717, 1.165) is 6.61 Å². The number of hydrogen-bond donors (Lipinski definition) is 1. The van der Waals surface area contributed by atoms with Gasteiger partial charge in [0.1, 0.15) is 6.10 Å². The van der Waals surface area contributed by atoms with Crippen molar-refractivity contribution in [2.24, 2.45) is 0 Å². The van der Waals surface area contributed by atoms with Crippen molar-refractivity contribution >= 4 is 8.56 Å². The normalized spacial score (nSPS) is 21.2. The van der Waals surface area contributed by atoms with Crippen molar-refractivity contribution in [3.63, 3.8) is 0 Å². The van der Waals surface area contributed by atoms with Crippen molar-refractivity contribution in [3.05, 3.63) is 0 Å². The average Bonchev–Trinajstić information content (AvgIpc) is 3.03. The van der Waals surface area contributed by atoms with Gasteiger partial charge in [-0.2, -0.15) is 0 Å². The molecule has 6 heteroatoms. The van der Waals surface area contributed by atoms with Crippen molar-refractivity contribution in [2.75, 3.05) is 40.3 Å². The number of epoxide rings is 1. The van der Waals surface area contributed by atoms with Crippen LogP contribution in [0.4, 0.5) is 0 Å². The highest BCUT2D eigenvalue weighted by Crippen LogP contribution is 2.13. The summed E-state index contributed by atoms with van der Waals surface area (Å²) in [4.78, 5) is 0. The number of aliphatic hydroxyl groups is 1. The quantitative estimate of drug-likeness (QED) is 0.346. The van der Waals surface area contributed by atoms with Gasteiger partial charge in [0.05, 0.1) is 19.4 Å². The molecule has 5 nitrogen and oxygen atoms in total. The second kappa shape index (κ2) is 5.79. The molecule has 0 aromatic heterocycles. The Bertz CT molecular complexity index is 150. The third kappa shape index (κ3) is 3.64. The molecular formula is C8H18O5Si. The van der Waals surface area contributed by atoms with Crippen molar-refractivity contribution in [1.82, 2.24) is 0 Å². The summed E-state index contributed by atoms with van der Waals surface area (Å²) in [6.07, 6.45) is 0.244. The SMILES string of the molecule is CO[Si](CO)(CCOCC1CO1)OC. The van der Waals surface area contributed by atoms with Gasteiger partial charge in [-0.1, -0.05) is 0 Å². The zero-order chi connectivity index (χ0) is 10.4. The molecule has 1 aliphatic heterocycles. The monoisotopic (exact) mass is 222 g/mol. The average molecular weight is 222 g/mol. The Labute approximate surface area is 85.2 Å². The van der Waals surface area contributed by atoms with E-state index < -0.39 is 8.56 Å². The number of hydrogen-bond acceptors (Lipinski definition) is 5. The van der Waals surface area contributed by atoms with Gasteiger partial charge >= 0.3 is 8.56 Å². The minimum absolute atomic E-state index is 0.0384. The van der Waals surface area contributed by atoms with E-state index in [9.17, 15) is 0 Å². The summed E-state index contributed by atoms with van der Waals surface area (Å²) in [6.45, 7) is 1.98. The molecule has 84 valence electrons. The lowest BCUT2D eigenvalue weighted by Gasteiger charge is -2.24. The summed E-state index contributed by atoms with van der Waals surface area (Å²) in [6, 6.07) is 0.642. The molecular weight excluding hydrogens is 204 g/mol. The maximum absolute atomic E-state index is 9.13. The van der Waals surface area contributed by atoms with Crippen LogP contribution in [-0.4, -0.2) is 60.0 Å². The zero-order valence-corrected chi connectivity index (χ0v) is 9.69. The Kier molecular flexibility index (Phi) is 5.00. The zero-order valence-electron chi connectivity index (χ0n) is 8.69. The van der Waals surface area contributed by atoms with Crippen LogP contribution in [0.3, 0.4) is 0 Å². The third-order valence-corrected chi connectivity index (χ3v) is 5.25. The van der Waals surface area contributed by atoms with Crippen molar-refractivity contribution < 1.29 is 23.4 Å². The lowest BCUT2D eigenvalue weighted by molar-refractivity contribution is 0.114. The lowest BCUT2D eigenvalue weighted by Crippen LogP contribution is -2.45. The number of aliphatic hydroxyl groups excluding tert-OH is 1. The molecule has 0 aromatic rings. The van der Waals surface area contributed by atoms with Crippen LogP contribution in [-0.2, 0) is 18.3 Å². The van der Waals surface area contributed by atoms with Gasteiger partial charge in [-0.3, -0.25) is 0 Å². The molecule has 0 spiro atoms. The second-order valence-electron chi connectivity index (χ2n) is 3.26. The largest absolute Gasteiger partial charge is 0.396 e. The maximum atomic E-state index is 9.13. The summed E-state index contributed by atoms with van der Waals surface area (Å²) >= 11 is 0. The van der Waals surface area contributed by atoms with Gasteiger partial charge in [0.15, 0.2) is 0 Å². The maximum Gasteiger partial charge on any atom is 0.366 e. The van der Waals surface area contributed by atoms with E-state index in [2.05, 4.69) is 0 Å². The van der Waals surface area contributed by atoms with Crippen LogP contribution >= 0.6 is 0 Å². The van der Waals surface area contributed by atoms with Crippen LogP contribution in [0.15, 0.2) is 0 Å². The summed E-state index contributed by atoms with van der Waals surface area (Å²) in [5, 5.41) is 9.13. The predicted molar refractivity (Wildman–Crippen MR) is 52.2 cm³/mol. The highest BCUT2D eigenvalue weighted by molar-refractivity contribution is 6.67. The number of ether oxygens (including phenoxy) is 2. The Morgan fingerprint density at radius 1 is 1.43 bits per heavy atom. The molecule has 0 saturated carbocycles. The molecule has 1 saturated heterocycles. The van der Waals surface area contributed by atoms with Crippen molar-refractivity contribution in [2.45, 2.75) is 12.1 Å². The molecule has 0 bridgehead atoms. The van der Waals surface area contributed by atoms with Gasteiger partial charge in [-0.15, -0.1) is 0 Å². The highest BCUT2D eigenvalue weighted by atomic mass is 28.4. The van der Waals surface area contributed by atoms with Gasteiger partial charge in [0.25, 0.3) is 0 Å². The van der Waals surface area contributed by atoms with Crippen LogP contribution in [0, 0.1) is 0 Å². The van der Waals surface area contributed by atoms with Crippen molar-refractivity contribution in [1.29, 1.82) is 0 Å². The fourth-order valence-corrected chi connectivity index (χ4v) is 2.55. The standard InChI is InChI=1S/C8H18O5Si/c1-10-14(7-9,11-2)4-3-12-5-8-6-13-8/h8-9H,3-7H2,1-2H3. The summed E-state index contributed by atoms with van der Waals surface area (Å²) in [7, 11) is 0.752. The molecule has 1 heterocycles. The second-order valence-corrected chi connectivity index (χ2v) is 6.71. The van der Waals surface area contributed by atoms with Crippen LogP contribution < -0.4 is 0 Å². The molecule has 0 aliphatic carbocycles. The lowest BCUT2D eigenvalue weighted by atomic mass is 10.5. The molecule has 0 amide bonds. The van der Waals surface area contributed by atoms with Gasteiger partial charge < -0.3 is 23.4 Å². The minimum Gasteiger partial charge on any atom is -0.396 e. The molecule has 1 fully saturated rings. The number of rotatable bonds is 8. The highest BCUT2D eigenvalue weighted by Gasteiger charge is 2.34. The van der Waals surface area contributed by atoms with Crippen LogP contribution in [0.2, 0.25) is 6.04 Å². The fraction of sp³-hybridized carbons (Fsp3) is 1.00. The first-order chi connectivity index (χ1) is 6.76. The van der Waals surface area contributed by atoms with Crippen molar-refractivity contribution in [3.8, 4) is 0 Å². The molecule has 1 unspecified atom stereocenters. The first-order valence-corrected chi connectivity index (χ1v) is 6.90. The molecule has 1 rings (SSSR count). The summed E-state index contributed by atoms with van der Waals surface area (Å²) < 4.78 is 20.8. The Morgan fingerprint density at radius 3 is 2.50 bits per heavy atom. The van der Waals surface area contributed by atoms with E-state index in [0.29, 0.717) is 19.3 Å². The predicted octanol–water partition coefficient (Wildman–Crippen LogP) is -0.332. The molecule has 0 radical (unpaired) electrons. The summed E-state index contributed by atoms with van der Waals surface area (Å²) in [5.41, 5.74) is 0.